The molecule has 2 amide bonds. The molecule has 3 saturated heterocycles. The van der Waals surface area contributed by atoms with Gasteiger partial charge in [0.25, 0.3) is 5.91 Å². The fraction of sp³-hybridized carbons (Fsp3) is 0.571. The van der Waals surface area contributed by atoms with Gasteiger partial charge >= 0.3 is 0 Å². The number of carbonyl (C=O) groups excluding carboxylic acids is 3. The zero-order valence-corrected chi connectivity index (χ0v) is 23.7. The third-order valence-electron chi connectivity index (χ3n) is 7.80. The number of thiazole rings is 1. The topological polar surface area (TPSA) is 95.1 Å². The third-order valence-corrected chi connectivity index (χ3v) is 8.71. The molecule has 1 aromatic carbocycles. The van der Waals surface area contributed by atoms with Crippen LogP contribution >= 0.6 is 11.3 Å². The van der Waals surface area contributed by atoms with E-state index in [9.17, 15) is 18.8 Å². The van der Waals surface area contributed by atoms with E-state index in [0.717, 1.165) is 37.5 Å². The van der Waals surface area contributed by atoms with Crippen molar-refractivity contribution in [2.24, 2.45) is 11.8 Å². The van der Waals surface area contributed by atoms with Crippen molar-refractivity contribution in [3.8, 4) is 11.3 Å². The molecule has 0 aliphatic carbocycles. The molecule has 9 nitrogen and oxygen atoms in total. The van der Waals surface area contributed by atoms with Crippen molar-refractivity contribution in [2.45, 2.75) is 45.4 Å². The van der Waals surface area contributed by atoms with Gasteiger partial charge in [-0.05, 0) is 31.5 Å². The number of Topliss-reactive ketones (excluding diaryl/α,β-unsaturated/α-hetero) is 1. The van der Waals surface area contributed by atoms with E-state index in [1.54, 1.807) is 29.2 Å². The largest absolute Gasteiger partial charge is 0.367 e. The minimum Gasteiger partial charge on any atom is -0.367 e. The Hall–Kier alpha value is -2.89. The van der Waals surface area contributed by atoms with Gasteiger partial charge in [-0.2, -0.15) is 4.39 Å². The summed E-state index contributed by atoms with van der Waals surface area (Å²) < 4.78 is 20.5. The lowest BCUT2D eigenvalue weighted by atomic mass is 10.0. The molecule has 4 atom stereocenters. The molecule has 0 radical (unpaired) electrons. The maximum absolute atomic E-state index is 14.8. The van der Waals surface area contributed by atoms with E-state index >= 15 is 0 Å². The Balaban J connectivity index is 1.28. The Labute approximate surface area is 232 Å². The van der Waals surface area contributed by atoms with Crippen molar-refractivity contribution in [3.63, 3.8) is 0 Å². The van der Waals surface area contributed by atoms with Crippen LogP contribution in [0, 0.1) is 17.0 Å². The summed E-state index contributed by atoms with van der Waals surface area (Å²) in [5, 5.41) is 3.20. The third kappa shape index (κ3) is 5.71. The number of likely N-dealkylation sites (N-methyl/N-ethyl adjacent to an activating group) is 1. The predicted molar refractivity (Wildman–Crippen MR) is 147 cm³/mol. The maximum Gasteiger partial charge on any atom is 0.251 e. The molecule has 11 heteroatoms. The number of nitrogens with zero attached hydrogens (tertiary/aromatic N) is 4. The highest BCUT2D eigenvalue weighted by Crippen LogP contribution is 2.33. The Bertz CT molecular complexity index is 1230. The van der Waals surface area contributed by atoms with Gasteiger partial charge in [0.2, 0.25) is 11.0 Å². The lowest BCUT2D eigenvalue weighted by molar-refractivity contribution is -0.138. The number of hydrogen-bond donors (Lipinski definition) is 1. The van der Waals surface area contributed by atoms with Crippen LogP contribution in [-0.4, -0.2) is 96.9 Å². The van der Waals surface area contributed by atoms with Crippen LogP contribution in [0.3, 0.4) is 0 Å². The number of amides is 2. The molecular formula is C28H36FN5O4S. The van der Waals surface area contributed by atoms with Crippen LogP contribution in [0.4, 0.5) is 9.52 Å². The minimum absolute atomic E-state index is 0.0213. The van der Waals surface area contributed by atoms with Crippen LogP contribution in [-0.2, 0) is 14.3 Å². The predicted octanol–water partition coefficient (Wildman–Crippen LogP) is 2.66. The summed E-state index contributed by atoms with van der Waals surface area (Å²) in [6.45, 7) is 9.81. The van der Waals surface area contributed by atoms with Gasteiger partial charge in [-0.1, -0.05) is 44.2 Å². The fourth-order valence-electron chi connectivity index (χ4n) is 5.64. The number of hydrogen-bond acceptors (Lipinski definition) is 8. The number of rotatable bonds is 7. The first-order valence-electron chi connectivity index (χ1n) is 13.6. The van der Waals surface area contributed by atoms with Gasteiger partial charge in [0.15, 0.2) is 10.9 Å². The van der Waals surface area contributed by atoms with E-state index in [-0.39, 0.29) is 47.1 Å². The van der Waals surface area contributed by atoms with Gasteiger partial charge in [-0.25, -0.2) is 4.98 Å². The number of halogens is 1. The number of anilines is 1. The lowest BCUT2D eigenvalue weighted by Crippen LogP contribution is -2.52. The summed E-state index contributed by atoms with van der Waals surface area (Å²) >= 11 is 1.04. The van der Waals surface area contributed by atoms with Gasteiger partial charge in [-0.3, -0.25) is 14.4 Å². The van der Waals surface area contributed by atoms with Crippen LogP contribution in [0.5, 0.6) is 0 Å². The molecule has 3 aliphatic rings. The molecule has 4 heterocycles. The summed E-state index contributed by atoms with van der Waals surface area (Å²) in [6, 6.07) is 5.26. The van der Waals surface area contributed by atoms with E-state index in [1.807, 2.05) is 20.8 Å². The first-order valence-corrected chi connectivity index (χ1v) is 14.4. The number of nitrogens with one attached hydrogen (secondary N) is 1. The van der Waals surface area contributed by atoms with Crippen LogP contribution in [0.2, 0.25) is 0 Å². The molecule has 1 N–H and O–H groups in total. The first-order chi connectivity index (χ1) is 18.6. The van der Waals surface area contributed by atoms with Crippen molar-refractivity contribution in [2.75, 3.05) is 51.3 Å². The number of aromatic nitrogens is 1. The second-order valence-electron chi connectivity index (χ2n) is 11.3. The van der Waals surface area contributed by atoms with E-state index in [0.29, 0.717) is 29.2 Å². The lowest BCUT2D eigenvalue weighted by Gasteiger charge is -2.31. The Kier molecular flexibility index (Phi) is 8.02. The number of carbonyl (C=O) groups is 3. The minimum atomic E-state index is -0.765. The number of ketones is 1. The number of likely N-dealkylation sites (tertiary alicyclic amines) is 1. The maximum atomic E-state index is 14.8. The van der Waals surface area contributed by atoms with Crippen LogP contribution < -0.4 is 10.2 Å². The highest BCUT2D eigenvalue weighted by Gasteiger charge is 2.51. The second kappa shape index (κ2) is 11.3. The summed E-state index contributed by atoms with van der Waals surface area (Å²) in [4.78, 5) is 49.7. The number of ether oxygens (including phenoxy) is 1. The summed E-state index contributed by atoms with van der Waals surface area (Å²) in [7, 11) is 2.07. The van der Waals surface area contributed by atoms with Crippen LogP contribution in [0.15, 0.2) is 24.3 Å². The van der Waals surface area contributed by atoms with Crippen molar-refractivity contribution in [3.05, 3.63) is 35.0 Å². The van der Waals surface area contributed by atoms with E-state index < -0.39 is 18.0 Å². The smallest absolute Gasteiger partial charge is 0.251 e. The molecule has 0 bridgehead atoms. The number of benzene rings is 1. The second-order valence-corrected chi connectivity index (χ2v) is 12.2. The summed E-state index contributed by atoms with van der Waals surface area (Å²) in [5.41, 5.74) is 1.23. The van der Waals surface area contributed by atoms with Crippen molar-refractivity contribution < 1.29 is 23.5 Å². The highest BCUT2D eigenvalue weighted by atomic mass is 32.1. The average molecular weight is 558 g/mol. The first kappa shape index (κ1) is 27.7. The fourth-order valence-corrected chi connectivity index (χ4v) is 6.50. The molecule has 5 rings (SSSR count). The quantitative estimate of drug-likeness (QED) is 0.559. The molecule has 2 aromatic rings. The van der Waals surface area contributed by atoms with Crippen molar-refractivity contribution in [1.29, 1.82) is 0 Å². The van der Waals surface area contributed by atoms with E-state index in [1.165, 1.54) is 0 Å². The molecule has 210 valence electrons. The van der Waals surface area contributed by atoms with E-state index in [4.69, 9.17) is 4.74 Å². The standard InChI is InChI=1S/C28H36FN5O4S/c1-16(2)13-20(27(37)34-14-17(3)24-23(34)21(35)15-38-24)30-26(36)19-7-5-18(6-8-19)22-25(29)39-28(31-22)33-11-9-32(4)10-12-33/h5-8,16-17,20,23-24H,9-15H2,1-4H3,(H,30,36)/t17-,20+,23-,24-/m1/s1. The molecule has 0 saturated carbocycles. The monoisotopic (exact) mass is 557 g/mol. The average Bonchev–Trinajstić information content (AvgIpc) is 3.58. The molecule has 3 aliphatic heterocycles. The Morgan fingerprint density at radius 3 is 2.54 bits per heavy atom. The Morgan fingerprint density at radius 2 is 1.87 bits per heavy atom. The SMILES string of the molecule is CC(C)C[C@H](NC(=O)c1ccc(-c2nc(N3CCN(C)CC3)sc2F)cc1)C(=O)N1C[C@@H](C)[C@H]2OCC(=O)[C@H]21. The normalized spacial score (nSPS) is 24.4. The van der Waals surface area contributed by atoms with Crippen LogP contribution in [0.25, 0.3) is 11.3 Å². The summed E-state index contributed by atoms with van der Waals surface area (Å²) in [6.07, 6.45) is 0.159. The van der Waals surface area contributed by atoms with Gasteiger partial charge < -0.3 is 24.8 Å². The van der Waals surface area contributed by atoms with Crippen molar-refractivity contribution >= 4 is 34.1 Å². The summed E-state index contributed by atoms with van der Waals surface area (Å²) in [5.74, 6) is -0.539. The molecular weight excluding hydrogens is 521 g/mol. The Morgan fingerprint density at radius 1 is 1.18 bits per heavy atom. The van der Waals surface area contributed by atoms with Crippen LogP contribution in [0.1, 0.15) is 37.6 Å². The van der Waals surface area contributed by atoms with E-state index in [2.05, 4.69) is 27.1 Å². The molecule has 39 heavy (non-hydrogen) atoms. The zero-order valence-electron chi connectivity index (χ0n) is 22.9. The van der Waals surface area contributed by atoms with Gasteiger partial charge in [-0.15, -0.1) is 0 Å². The number of fused-ring (bicyclic) bond motifs is 1. The van der Waals surface area contributed by atoms with Gasteiger partial charge in [0, 0.05) is 49.8 Å². The van der Waals surface area contributed by atoms with Gasteiger partial charge in [0.05, 0.1) is 6.10 Å². The molecule has 0 unspecified atom stereocenters. The molecule has 1 aromatic heterocycles. The zero-order chi connectivity index (χ0) is 27.8. The van der Waals surface area contributed by atoms with Crippen molar-refractivity contribution in [1.82, 2.24) is 20.1 Å². The molecule has 3 fully saturated rings. The highest BCUT2D eigenvalue weighted by molar-refractivity contribution is 7.14. The van der Waals surface area contributed by atoms with Gasteiger partial charge in [0.1, 0.15) is 24.4 Å². The number of piperazine rings is 1. The molecule has 0 spiro atoms.